The van der Waals surface area contributed by atoms with Crippen LogP contribution < -0.4 is 24.8 Å². The maximum atomic E-state index is 11.9. The van der Waals surface area contributed by atoms with Crippen LogP contribution in [0.3, 0.4) is 0 Å². The van der Waals surface area contributed by atoms with Crippen LogP contribution in [0.15, 0.2) is 12.1 Å². The molecule has 0 radical (unpaired) electrons. The van der Waals surface area contributed by atoms with Gasteiger partial charge in [0.1, 0.15) is 6.73 Å². The van der Waals surface area contributed by atoms with Gasteiger partial charge in [0.15, 0.2) is 11.5 Å². The minimum absolute atomic E-state index is 0.0450. The average molecular weight is 296 g/mol. The van der Waals surface area contributed by atoms with Crippen LogP contribution in [0.25, 0.3) is 0 Å². The van der Waals surface area contributed by atoms with E-state index >= 15 is 0 Å². The molecule has 1 rings (SSSR count). The van der Waals surface area contributed by atoms with Crippen LogP contribution >= 0.6 is 0 Å². The molecule has 0 atom stereocenters. The Morgan fingerprint density at radius 2 is 1.86 bits per heavy atom. The molecule has 118 valence electrons. The standard InChI is InChI=1S/C15H24N2O4/c1-6-19-12-7-11(15(18)17-5)8-13(21-10(2)3)14(12)20-9-16-4/h7-8,10,16H,6,9H2,1-5H3,(H,17,18). The molecule has 0 aliphatic carbocycles. The molecule has 0 saturated carbocycles. The van der Waals surface area contributed by atoms with E-state index in [2.05, 4.69) is 10.6 Å². The summed E-state index contributed by atoms with van der Waals surface area (Å²) < 4.78 is 17.0. The summed E-state index contributed by atoms with van der Waals surface area (Å²) in [4.78, 5) is 11.9. The molecule has 21 heavy (non-hydrogen) atoms. The lowest BCUT2D eigenvalue weighted by Gasteiger charge is -2.19. The van der Waals surface area contributed by atoms with Crippen molar-refractivity contribution in [2.24, 2.45) is 0 Å². The smallest absolute Gasteiger partial charge is 0.251 e. The van der Waals surface area contributed by atoms with Gasteiger partial charge in [-0.25, -0.2) is 0 Å². The maximum Gasteiger partial charge on any atom is 0.251 e. The summed E-state index contributed by atoms with van der Waals surface area (Å²) in [6, 6.07) is 3.31. The molecule has 0 aliphatic rings. The van der Waals surface area contributed by atoms with Crippen molar-refractivity contribution in [1.29, 1.82) is 0 Å². The number of hydrogen-bond donors (Lipinski definition) is 2. The summed E-state index contributed by atoms with van der Waals surface area (Å²) >= 11 is 0. The Morgan fingerprint density at radius 1 is 1.19 bits per heavy atom. The molecule has 1 amide bonds. The van der Waals surface area contributed by atoms with Crippen LogP contribution in [-0.4, -0.2) is 39.4 Å². The molecule has 0 aliphatic heterocycles. The predicted molar refractivity (Wildman–Crippen MR) is 81.3 cm³/mol. The van der Waals surface area contributed by atoms with Gasteiger partial charge in [0.05, 0.1) is 12.7 Å². The lowest BCUT2D eigenvalue weighted by molar-refractivity contribution is 0.0961. The first kappa shape index (κ1) is 17.1. The number of amides is 1. The monoisotopic (exact) mass is 296 g/mol. The van der Waals surface area contributed by atoms with Crippen LogP contribution in [0.1, 0.15) is 31.1 Å². The topological polar surface area (TPSA) is 68.8 Å². The zero-order valence-corrected chi connectivity index (χ0v) is 13.3. The fourth-order valence-electron chi connectivity index (χ4n) is 1.74. The van der Waals surface area contributed by atoms with Crippen molar-refractivity contribution < 1.29 is 19.0 Å². The zero-order chi connectivity index (χ0) is 15.8. The molecule has 0 unspecified atom stereocenters. The van der Waals surface area contributed by atoms with Gasteiger partial charge in [-0.05, 0) is 40.0 Å². The number of benzene rings is 1. The van der Waals surface area contributed by atoms with Gasteiger partial charge in [0.25, 0.3) is 5.91 Å². The van der Waals surface area contributed by atoms with Crippen molar-refractivity contribution in [3.05, 3.63) is 17.7 Å². The van der Waals surface area contributed by atoms with E-state index in [4.69, 9.17) is 14.2 Å². The fraction of sp³-hybridized carbons (Fsp3) is 0.533. The summed E-state index contributed by atoms with van der Waals surface area (Å²) in [5.41, 5.74) is 0.466. The highest BCUT2D eigenvalue weighted by Crippen LogP contribution is 2.39. The molecule has 0 saturated heterocycles. The highest BCUT2D eigenvalue weighted by molar-refractivity contribution is 5.95. The minimum Gasteiger partial charge on any atom is -0.490 e. The van der Waals surface area contributed by atoms with E-state index in [0.717, 1.165) is 0 Å². The van der Waals surface area contributed by atoms with E-state index in [1.807, 2.05) is 20.8 Å². The third-order valence-electron chi connectivity index (χ3n) is 2.53. The third kappa shape index (κ3) is 4.82. The second kappa shape index (κ2) is 8.36. The average Bonchev–Trinajstić information content (AvgIpc) is 2.45. The van der Waals surface area contributed by atoms with Crippen molar-refractivity contribution in [1.82, 2.24) is 10.6 Å². The highest BCUT2D eigenvalue weighted by Gasteiger charge is 2.18. The Balaban J connectivity index is 3.30. The van der Waals surface area contributed by atoms with E-state index in [1.54, 1.807) is 26.2 Å². The first-order valence-electron chi connectivity index (χ1n) is 7.00. The molecule has 0 spiro atoms. The van der Waals surface area contributed by atoms with Crippen molar-refractivity contribution in [2.75, 3.05) is 27.4 Å². The van der Waals surface area contributed by atoms with Crippen LogP contribution in [-0.2, 0) is 0 Å². The van der Waals surface area contributed by atoms with Gasteiger partial charge in [-0.2, -0.15) is 0 Å². The van der Waals surface area contributed by atoms with Crippen LogP contribution in [0.4, 0.5) is 0 Å². The van der Waals surface area contributed by atoms with Crippen LogP contribution in [0, 0.1) is 0 Å². The Bertz CT molecular complexity index is 475. The largest absolute Gasteiger partial charge is 0.490 e. The van der Waals surface area contributed by atoms with E-state index < -0.39 is 0 Å². The number of carbonyl (C=O) groups excluding carboxylic acids is 1. The van der Waals surface area contributed by atoms with Gasteiger partial charge in [0, 0.05) is 12.6 Å². The molecule has 2 N–H and O–H groups in total. The summed E-state index contributed by atoms with van der Waals surface area (Å²) in [6.07, 6.45) is -0.0450. The Hall–Kier alpha value is -1.95. The summed E-state index contributed by atoms with van der Waals surface area (Å²) in [5, 5.41) is 5.49. The van der Waals surface area contributed by atoms with Gasteiger partial charge >= 0.3 is 0 Å². The molecule has 0 heterocycles. The first-order chi connectivity index (χ1) is 10.0. The fourth-order valence-corrected chi connectivity index (χ4v) is 1.74. The van der Waals surface area contributed by atoms with Crippen molar-refractivity contribution >= 4 is 5.91 Å². The van der Waals surface area contributed by atoms with Crippen LogP contribution in [0.2, 0.25) is 0 Å². The van der Waals surface area contributed by atoms with Gasteiger partial charge in [-0.1, -0.05) is 0 Å². The van der Waals surface area contributed by atoms with E-state index in [1.165, 1.54) is 0 Å². The SMILES string of the molecule is CCOc1cc(C(=O)NC)cc(OC(C)C)c1OCNC. The molecule has 1 aromatic carbocycles. The summed E-state index contributed by atoms with van der Waals surface area (Å²) in [6.45, 7) is 6.48. The molecular formula is C15H24N2O4. The second-order valence-electron chi connectivity index (χ2n) is 4.62. The molecule has 0 fully saturated rings. The number of ether oxygens (including phenoxy) is 3. The molecule has 0 bridgehead atoms. The van der Waals surface area contributed by atoms with E-state index in [-0.39, 0.29) is 12.0 Å². The molecule has 6 heteroatoms. The normalized spacial score (nSPS) is 10.4. The second-order valence-corrected chi connectivity index (χ2v) is 4.62. The first-order valence-corrected chi connectivity index (χ1v) is 7.00. The number of hydrogen-bond acceptors (Lipinski definition) is 5. The molecular weight excluding hydrogens is 272 g/mol. The van der Waals surface area contributed by atoms with Gasteiger partial charge in [0.2, 0.25) is 5.75 Å². The third-order valence-corrected chi connectivity index (χ3v) is 2.53. The lowest BCUT2D eigenvalue weighted by atomic mass is 10.1. The van der Waals surface area contributed by atoms with Gasteiger partial charge < -0.3 is 19.5 Å². The summed E-state index contributed by atoms with van der Waals surface area (Å²) in [5.74, 6) is 1.27. The Labute approximate surface area is 125 Å². The lowest BCUT2D eigenvalue weighted by Crippen LogP contribution is -2.20. The van der Waals surface area contributed by atoms with Crippen molar-refractivity contribution in [2.45, 2.75) is 26.9 Å². The van der Waals surface area contributed by atoms with Crippen LogP contribution in [0.5, 0.6) is 17.2 Å². The summed E-state index contributed by atoms with van der Waals surface area (Å²) in [7, 11) is 3.36. The highest BCUT2D eigenvalue weighted by atomic mass is 16.5. The van der Waals surface area contributed by atoms with E-state index in [9.17, 15) is 4.79 Å². The zero-order valence-electron chi connectivity index (χ0n) is 13.3. The van der Waals surface area contributed by atoms with Crippen molar-refractivity contribution in [3.63, 3.8) is 0 Å². The van der Waals surface area contributed by atoms with E-state index in [0.29, 0.717) is 36.1 Å². The molecule has 1 aromatic rings. The molecule has 0 aromatic heterocycles. The predicted octanol–water partition coefficient (Wildman–Crippen LogP) is 1.79. The van der Waals surface area contributed by atoms with Crippen molar-refractivity contribution in [3.8, 4) is 17.2 Å². The van der Waals surface area contributed by atoms with Gasteiger partial charge in [-0.15, -0.1) is 0 Å². The Kier molecular flexibility index (Phi) is 6.81. The quantitative estimate of drug-likeness (QED) is 0.716. The maximum absolute atomic E-state index is 11.9. The number of carbonyl (C=O) groups is 1. The number of nitrogens with one attached hydrogen (secondary N) is 2. The number of rotatable bonds is 8. The van der Waals surface area contributed by atoms with Gasteiger partial charge in [-0.3, -0.25) is 10.1 Å². The minimum atomic E-state index is -0.204. The molecule has 6 nitrogen and oxygen atoms in total. The Morgan fingerprint density at radius 3 is 2.38 bits per heavy atom.